The fourth-order valence-electron chi connectivity index (χ4n) is 1.50. The van der Waals surface area contributed by atoms with Crippen LogP contribution in [0.25, 0.3) is 0 Å². The third-order valence-electron chi connectivity index (χ3n) is 2.37. The summed E-state index contributed by atoms with van der Waals surface area (Å²) >= 11 is 5.74. The molecule has 21 heavy (non-hydrogen) atoms. The number of halogens is 3. The van der Waals surface area contributed by atoms with Gasteiger partial charge in [-0.25, -0.2) is 4.98 Å². The van der Waals surface area contributed by atoms with Gasteiger partial charge in [-0.15, -0.1) is 0 Å². The molecule has 1 aromatic heterocycles. The van der Waals surface area contributed by atoms with Crippen LogP contribution in [0.15, 0.2) is 29.4 Å². The van der Waals surface area contributed by atoms with Crippen LogP contribution in [0, 0.1) is 6.92 Å². The number of aromatic nitrogens is 2. The van der Waals surface area contributed by atoms with Crippen LogP contribution in [0.5, 0.6) is 5.75 Å². The summed E-state index contributed by atoms with van der Waals surface area (Å²) in [4.78, 5) is 6.35. The number of aromatic amines is 1. The van der Waals surface area contributed by atoms with Crippen molar-refractivity contribution in [3.8, 4) is 5.75 Å². The minimum Gasteiger partial charge on any atom is -0.433 e. The zero-order chi connectivity index (χ0) is 15.6. The number of imidazole rings is 1. The van der Waals surface area contributed by atoms with Crippen LogP contribution in [-0.4, -0.2) is 25.0 Å². The summed E-state index contributed by atoms with van der Waals surface area (Å²) in [6.07, 6.45) is 1.16. The molecule has 114 valence electrons. The van der Waals surface area contributed by atoms with E-state index in [-0.39, 0.29) is 21.5 Å². The van der Waals surface area contributed by atoms with Gasteiger partial charge in [-0.2, -0.15) is 17.2 Å². The number of rotatable bonds is 5. The van der Waals surface area contributed by atoms with E-state index in [9.17, 15) is 17.2 Å². The van der Waals surface area contributed by atoms with Crippen molar-refractivity contribution in [1.82, 2.24) is 9.97 Å². The molecule has 0 aliphatic rings. The molecule has 0 bridgehead atoms. The third-order valence-corrected chi connectivity index (χ3v) is 3.96. The molecule has 0 spiro atoms. The first-order chi connectivity index (χ1) is 9.78. The Morgan fingerprint density at radius 3 is 2.67 bits per heavy atom. The van der Waals surface area contributed by atoms with Crippen molar-refractivity contribution in [3.05, 3.63) is 35.2 Å². The van der Waals surface area contributed by atoms with Gasteiger partial charge in [0.1, 0.15) is 11.6 Å². The molecule has 10 heteroatoms. The number of hydrogen-bond acceptors (Lipinski definition) is 4. The van der Waals surface area contributed by atoms with Gasteiger partial charge in [0.2, 0.25) is 0 Å². The monoisotopic (exact) mass is 337 g/mol. The molecular formula is C11H10ClF2N3O3S. The molecule has 0 saturated carbocycles. The molecule has 6 nitrogen and oxygen atoms in total. The van der Waals surface area contributed by atoms with E-state index in [2.05, 4.69) is 19.4 Å². The Labute approximate surface area is 124 Å². The second-order valence-corrected chi connectivity index (χ2v) is 6.02. The Morgan fingerprint density at radius 1 is 1.43 bits per heavy atom. The third kappa shape index (κ3) is 3.82. The lowest BCUT2D eigenvalue weighted by atomic mass is 10.3. The summed E-state index contributed by atoms with van der Waals surface area (Å²) < 4.78 is 54.6. The highest BCUT2D eigenvalue weighted by molar-refractivity contribution is 7.92. The Kier molecular flexibility index (Phi) is 4.33. The van der Waals surface area contributed by atoms with Gasteiger partial charge >= 0.3 is 6.61 Å². The molecule has 0 unspecified atom stereocenters. The zero-order valence-electron chi connectivity index (χ0n) is 10.6. The standard InChI is InChI=1S/C11H10ClF2N3O3S/c1-6-15-5-10(16-6)21(18,19)17-7-2-3-9(8(12)4-7)20-11(13)14/h2-5,11,17H,1H3,(H,15,16). The molecule has 1 heterocycles. The van der Waals surface area contributed by atoms with Crippen molar-refractivity contribution in [2.45, 2.75) is 18.6 Å². The lowest BCUT2D eigenvalue weighted by molar-refractivity contribution is -0.0497. The highest BCUT2D eigenvalue weighted by Crippen LogP contribution is 2.29. The maximum atomic E-state index is 12.1. The lowest BCUT2D eigenvalue weighted by Gasteiger charge is -2.10. The van der Waals surface area contributed by atoms with E-state index in [1.165, 1.54) is 12.1 Å². The number of benzene rings is 1. The number of hydrogen-bond donors (Lipinski definition) is 2. The predicted molar refractivity (Wildman–Crippen MR) is 72.2 cm³/mol. The molecular weight excluding hydrogens is 328 g/mol. The first kappa shape index (κ1) is 15.5. The fraction of sp³-hybridized carbons (Fsp3) is 0.182. The van der Waals surface area contributed by atoms with E-state index in [0.717, 1.165) is 12.3 Å². The smallest absolute Gasteiger partial charge is 0.387 e. The molecule has 2 N–H and O–H groups in total. The van der Waals surface area contributed by atoms with Crippen LogP contribution >= 0.6 is 11.6 Å². The molecule has 2 rings (SSSR count). The highest BCUT2D eigenvalue weighted by atomic mass is 35.5. The Morgan fingerprint density at radius 2 is 2.14 bits per heavy atom. The van der Waals surface area contributed by atoms with E-state index in [4.69, 9.17) is 11.6 Å². The highest BCUT2D eigenvalue weighted by Gasteiger charge is 2.17. The molecule has 1 aromatic carbocycles. The van der Waals surface area contributed by atoms with Crippen LogP contribution in [-0.2, 0) is 10.0 Å². The molecule has 0 aliphatic carbocycles. The summed E-state index contributed by atoms with van der Waals surface area (Å²) in [7, 11) is -3.86. The largest absolute Gasteiger partial charge is 0.433 e. The van der Waals surface area contributed by atoms with Gasteiger partial charge < -0.3 is 9.72 Å². The number of alkyl halides is 2. The number of aryl methyl sites for hydroxylation is 1. The minimum atomic E-state index is -3.86. The molecule has 0 atom stereocenters. The summed E-state index contributed by atoms with van der Waals surface area (Å²) in [6, 6.07) is 3.56. The maximum absolute atomic E-state index is 12.1. The number of H-pyrrole nitrogens is 1. The predicted octanol–water partition coefficient (Wildman–Crippen LogP) is 2.77. The van der Waals surface area contributed by atoms with Crippen molar-refractivity contribution in [2.24, 2.45) is 0 Å². The quantitative estimate of drug-likeness (QED) is 0.878. The first-order valence-electron chi connectivity index (χ1n) is 5.57. The van der Waals surface area contributed by atoms with E-state index in [0.29, 0.717) is 5.82 Å². The number of anilines is 1. The van der Waals surface area contributed by atoms with E-state index in [1.807, 2.05) is 0 Å². The first-order valence-corrected chi connectivity index (χ1v) is 7.43. The van der Waals surface area contributed by atoms with Crippen molar-refractivity contribution in [3.63, 3.8) is 0 Å². The Hall–Kier alpha value is -1.87. The summed E-state index contributed by atoms with van der Waals surface area (Å²) in [5, 5.41) is -0.264. The molecule has 2 aromatic rings. The second kappa shape index (κ2) is 5.86. The van der Waals surface area contributed by atoms with E-state index >= 15 is 0 Å². The molecule has 0 radical (unpaired) electrons. The van der Waals surface area contributed by atoms with Crippen molar-refractivity contribution in [1.29, 1.82) is 0 Å². The average Bonchev–Trinajstić information content (AvgIpc) is 2.79. The fourth-order valence-corrected chi connectivity index (χ4v) is 2.75. The molecule has 0 fully saturated rings. The van der Waals surface area contributed by atoms with Crippen molar-refractivity contribution < 1.29 is 21.9 Å². The summed E-state index contributed by atoms with van der Waals surface area (Å²) in [5.41, 5.74) is 0.105. The summed E-state index contributed by atoms with van der Waals surface area (Å²) in [5.74, 6) is 0.195. The van der Waals surface area contributed by atoms with Gasteiger partial charge in [-0.1, -0.05) is 11.6 Å². The topological polar surface area (TPSA) is 84.1 Å². The van der Waals surface area contributed by atoms with Gasteiger partial charge in [0.05, 0.1) is 16.9 Å². The van der Waals surface area contributed by atoms with Crippen molar-refractivity contribution in [2.75, 3.05) is 4.72 Å². The zero-order valence-corrected chi connectivity index (χ0v) is 12.2. The maximum Gasteiger partial charge on any atom is 0.387 e. The van der Waals surface area contributed by atoms with E-state index in [1.54, 1.807) is 6.92 Å². The van der Waals surface area contributed by atoms with Crippen LogP contribution in [0.1, 0.15) is 5.82 Å². The molecule has 0 saturated heterocycles. The minimum absolute atomic E-state index is 0.105. The SMILES string of the molecule is Cc1ncc(S(=O)(=O)Nc2ccc(OC(F)F)c(Cl)c2)[nH]1. The average molecular weight is 338 g/mol. The van der Waals surface area contributed by atoms with Gasteiger partial charge in [0.25, 0.3) is 10.0 Å². The molecule has 0 amide bonds. The van der Waals surface area contributed by atoms with Gasteiger partial charge in [0, 0.05) is 0 Å². The lowest BCUT2D eigenvalue weighted by Crippen LogP contribution is -2.13. The number of sulfonamides is 1. The number of nitrogens with zero attached hydrogens (tertiary/aromatic N) is 1. The molecule has 0 aliphatic heterocycles. The number of ether oxygens (including phenoxy) is 1. The van der Waals surface area contributed by atoms with Gasteiger partial charge in [0.15, 0.2) is 5.03 Å². The normalized spacial score (nSPS) is 11.7. The van der Waals surface area contributed by atoms with E-state index < -0.39 is 16.6 Å². The Bertz CT molecular complexity index is 749. The van der Waals surface area contributed by atoms with Crippen LogP contribution in [0.2, 0.25) is 5.02 Å². The Balaban J connectivity index is 2.22. The van der Waals surface area contributed by atoms with Crippen molar-refractivity contribution >= 4 is 27.3 Å². The number of nitrogens with one attached hydrogen (secondary N) is 2. The van der Waals surface area contributed by atoms with Gasteiger partial charge in [-0.05, 0) is 25.1 Å². The summed E-state index contributed by atoms with van der Waals surface area (Å²) in [6.45, 7) is -1.41. The second-order valence-electron chi connectivity index (χ2n) is 3.96. The van der Waals surface area contributed by atoms with Crippen LogP contribution in [0.3, 0.4) is 0 Å². The van der Waals surface area contributed by atoms with Crippen LogP contribution < -0.4 is 9.46 Å². The van der Waals surface area contributed by atoms with Crippen LogP contribution in [0.4, 0.5) is 14.5 Å². The van der Waals surface area contributed by atoms with Gasteiger partial charge in [-0.3, -0.25) is 4.72 Å².